The minimum absolute atomic E-state index is 0.00705. The maximum absolute atomic E-state index is 12.8. The number of aromatic nitrogens is 3. The number of amides is 1. The zero-order valence-corrected chi connectivity index (χ0v) is 13.3. The summed E-state index contributed by atoms with van der Waals surface area (Å²) in [6, 6.07) is 5.41. The van der Waals surface area contributed by atoms with Gasteiger partial charge < -0.3 is 14.4 Å². The summed E-state index contributed by atoms with van der Waals surface area (Å²) in [6.45, 7) is 1.04. The van der Waals surface area contributed by atoms with Crippen molar-refractivity contribution in [2.45, 2.75) is 18.6 Å². The molecule has 0 aliphatic carbocycles. The summed E-state index contributed by atoms with van der Waals surface area (Å²) in [7, 11) is 3.30. The van der Waals surface area contributed by atoms with Crippen LogP contribution in [0.25, 0.3) is 5.69 Å². The fraction of sp³-hybridized carbons (Fsp3) is 0.438. The predicted molar refractivity (Wildman–Crippen MR) is 83.5 cm³/mol. The molecule has 7 nitrogen and oxygen atoms in total. The van der Waals surface area contributed by atoms with Gasteiger partial charge in [-0.1, -0.05) is 0 Å². The van der Waals surface area contributed by atoms with Gasteiger partial charge in [-0.05, 0) is 24.6 Å². The minimum atomic E-state index is -0.111. The van der Waals surface area contributed by atoms with E-state index in [0.717, 1.165) is 12.1 Å². The van der Waals surface area contributed by atoms with Gasteiger partial charge in [-0.2, -0.15) is 5.10 Å². The lowest BCUT2D eigenvalue weighted by atomic mass is 10.2. The summed E-state index contributed by atoms with van der Waals surface area (Å²) in [6.07, 6.45) is 5.95. The van der Waals surface area contributed by atoms with E-state index in [1.165, 1.54) is 0 Å². The number of pyridine rings is 1. The van der Waals surface area contributed by atoms with Gasteiger partial charge in [-0.15, -0.1) is 0 Å². The summed E-state index contributed by atoms with van der Waals surface area (Å²) in [4.78, 5) is 18.8. The Kier molecular flexibility index (Phi) is 4.68. The highest BCUT2D eigenvalue weighted by molar-refractivity contribution is 5.93. The van der Waals surface area contributed by atoms with Crippen molar-refractivity contribution in [1.82, 2.24) is 19.7 Å². The Morgan fingerprint density at radius 2 is 2.26 bits per heavy atom. The number of rotatable bonds is 5. The number of hydrogen-bond acceptors (Lipinski definition) is 5. The first-order valence-electron chi connectivity index (χ1n) is 7.51. The molecule has 3 heterocycles. The number of likely N-dealkylation sites (tertiary alicyclic amines) is 1. The molecule has 7 heteroatoms. The second-order valence-electron chi connectivity index (χ2n) is 5.51. The molecule has 23 heavy (non-hydrogen) atoms. The van der Waals surface area contributed by atoms with E-state index in [1.54, 1.807) is 42.3 Å². The Labute approximate surface area is 134 Å². The van der Waals surface area contributed by atoms with Crippen LogP contribution in [0, 0.1) is 0 Å². The normalized spacial score (nSPS) is 20.9. The number of carbonyl (C=O) groups excluding carboxylic acids is 1. The Hall–Kier alpha value is -2.25. The van der Waals surface area contributed by atoms with Crippen molar-refractivity contribution in [2.24, 2.45) is 0 Å². The lowest BCUT2D eigenvalue weighted by Crippen LogP contribution is -2.38. The Bertz CT molecular complexity index is 659. The highest BCUT2D eigenvalue weighted by Gasteiger charge is 2.36. The maximum atomic E-state index is 12.8. The lowest BCUT2D eigenvalue weighted by Gasteiger charge is -2.23. The molecule has 0 aromatic carbocycles. The summed E-state index contributed by atoms with van der Waals surface area (Å²) in [5, 5.41) is 4.18. The number of nitrogens with zero attached hydrogens (tertiary/aromatic N) is 4. The monoisotopic (exact) mass is 316 g/mol. The molecule has 0 unspecified atom stereocenters. The third kappa shape index (κ3) is 3.25. The van der Waals surface area contributed by atoms with Gasteiger partial charge in [-0.3, -0.25) is 9.78 Å². The van der Waals surface area contributed by atoms with Crippen LogP contribution in [-0.2, 0) is 9.47 Å². The van der Waals surface area contributed by atoms with E-state index in [4.69, 9.17) is 9.47 Å². The molecule has 0 spiro atoms. The summed E-state index contributed by atoms with van der Waals surface area (Å²) in [5.41, 5.74) is 1.20. The standard InChI is InChI=1S/C16H20N4O3/c1-22-11-13-8-14(23-2)10-19(13)16(21)15-9-12(4-6-17-15)20-7-3-5-18-20/h3-7,9,13-14H,8,10-11H2,1-2H3/t13-,14-/m0/s1. The van der Waals surface area contributed by atoms with Gasteiger partial charge in [0.15, 0.2) is 0 Å². The van der Waals surface area contributed by atoms with E-state index >= 15 is 0 Å². The van der Waals surface area contributed by atoms with E-state index in [9.17, 15) is 4.79 Å². The molecule has 3 rings (SSSR count). The highest BCUT2D eigenvalue weighted by atomic mass is 16.5. The largest absolute Gasteiger partial charge is 0.383 e. The average molecular weight is 316 g/mol. The number of methoxy groups -OCH3 is 2. The Morgan fingerprint density at radius 1 is 1.39 bits per heavy atom. The zero-order valence-electron chi connectivity index (χ0n) is 13.3. The molecule has 1 aliphatic rings. The molecule has 0 saturated carbocycles. The zero-order chi connectivity index (χ0) is 16.2. The van der Waals surface area contributed by atoms with Crippen LogP contribution in [0.15, 0.2) is 36.8 Å². The third-order valence-electron chi connectivity index (χ3n) is 4.06. The molecule has 0 radical (unpaired) electrons. The topological polar surface area (TPSA) is 69.5 Å². The Balaban J connectivity index is 1.83. The molecule has 2 aromatic heterocycles. The van der Waals surface area contributed by atoms with Crippen LogP contribution in [-0.4, -0.2) is 65.1 Å². The van der Waals surface area contributed by atoms with Crippen molar-refractivity contribution in [3.63, 3.8) is 0 Å². The molecule has 122 valence electrons. The average Bonchev–Trinajstić information content (AvgIpc) is 3.24. The van der Waals surface area contributed by atoms with Gasteiger partial charge in [0.1, 0.15) is 5.69 Å². The molecule has 2 aromatic rings. The molecule has 1 amide bonds. The molecule has 2 atom stereocenters. The number of carbonyl (C=O) groups is 1. The van der Waals surface area contributed by atoms with Crippen LogP contribution in [0.1, 0.15) is 16.9 Å². The van der Waals surface area contributed by atoms with E-state index in [-0.39, 0.29) is 18.1 Å². The van der Waals surface area contributed by atoms with Gasteiger partial charge in [0.05, 0.1) is 24.4 Å². The van der Waals surface area contributed by atoms with Gasteiger partial charge in [0, 0.05) is 39.4 Å². The van der Waals surface area contributed by atoms with Crippen LogP contribution in [0.3, 0.4) is 0 Å². The summed E-state index contributed by atoms with van der Waals surface area (Å²) in [5.74, 6) is -0.111. The molecule has 1 saturated heterocycles. The molecule has 1 fully saturated rings. The Morgan fingerprint density at radius 3 is 2.96 bits per heavy atom. The molecule has 1 aliphatic heterocycles. The van der Waals surface area contributed by atoms with Crippen molar-refractivity contribution in [3.8, 4) is 5.69 Å². The number of hydrogen-bond donors (Lipinski definition) is 0. The van der Waals surface area contributed by atoms with Crippen molar-refractivity contribution in [1.29, 1.82) is 0 Å². The highest BCUT2D eigenvalue weighted by Crippen LogP contribution is 2.22. The summed E-state index contributed by atoms with van der Waals surface area (Å²) >= 11 is 0. The molecule has 0 N–H and O–H groups in total. The van der Waals surface area contributed by atoms with Crippen molar-refractivity contribution in [3.05, 3.63) is 42.5 Å². The SMILES string of the molecule is COC[C@@H]1C[C@H](OC)CN1C(=O)c1cc(-n2cccn2)ccn1. The third-order valence-corrected chi connectivity index (χ3v) is 4.06. The second kappa shape index (κ2) is 6.89. The van der Waals surface area contributed by atoms with E-state index in [0.29, 0.717) is 18.8 Å². The smallest absolute Gasteiger partial charge is 0.272 e. The van der Waals surface area contributed by atoms with Crippen molar-refractivity contribution in [2.75, 3.05) is 27.4 Å². The minimum Gasteiger partial charge on any atom is -0.383 e. The van der Waals surface area contributed by atoms with Gasteiger partial charge in [0.2, 0.25) is 0 Å². The fourth-order valence-electron chi connectivity index (χ4n) is 2.89. The fourth-order valence-corrected chi connectivity index (χ4v) is 2.89. The number of ether oxygens (including phenoxy) is 2. The van der Waals surface area contributed by atoms with Gasteiger partial charge in [0.25, 0.3) is 5.91 Å². The van der Waals surface area contributed by atoms with E-state index < -0.39 is 0 Å². The molecular weight excluding hydrogens is 296 g/mol. The first kappa shape index (κ1) is 15.6. The van der Waals surface area contributed by atoms with Gasteiger partial charge in [-0.25, -0.2) is 4.68 Å². The van der Waals surface area contributed by atoms with Crippen LogP contribution in [0.2, 0.25) is 0 Å². The summed E-state index contributed by atoms with van der Waals surface area (Å²) < 4.78 is 12.3. The van der Waals surface area contributed by atoms with Crippen LogP contribution < -0.4 is 0 Å². The van der Waals surface area contributed by atoms with Crippen LogP contribution in [0.5, 0.6) is 0 Å². The first-order valence-corrected chi connectivity index (χ1v) is 7.51. The van der Waals surface area contributed by atoms with Crippen LogP contribution in [0.4, 0.5) is 0 Å². The van der Waals surface area contributed by atoms with Crippen molar-refractivity contribution >= 4 is 5.91 Å². The predicted octanol–water partition coefficient (Wildman–Crippen LogP) is 1.14. The molecular formula is C16H20N4O3. The lowest BCUT2D eigenvalue weighted by molar-refractivity contribution is 0.0606. The molecule has 0 bridgehead atoms. The van der Waals surface area contributed by atoms with Gasteiger partial charge >= 0.3 is 0 Å². The second-order valence-corrected chi connectivity index (χ2v) is 5.51. The first-order chi connectivity index (χ1) is 11.2. The quantitative estimate of drug-likeness (QED) is 0.827. The van der Waals surface area contributed by atoms with Crippen molar-refractivity contribution < 1.29 is 14.3 Å². The maximum Gasteiger partial charge on any atom is 0.272 e. The van der Waals surface area contributed by atoms with Crippen LogP contribution >= 0.6 is 0 Å². The van der Waals surface area contributed by atoms with E-state index in [1.807, 2.05) is 18.3 Å². The van der Waals surface area contributed by atoms with E-state index in [2.05, 4.69) is 10.1 Å².